The van der Waals surface area contributed by atoms with Gasteiger partial charge in [0.25, 0.3) is 11.8 Å². The molecule has 1 aromatic heterocycles. The van der Waals surface area contributed by atoms with Crippen LogP contribution in [0.4, 0.5) is 5.13 Å². The Kier molecular flexibility index (Phi) is 6.21. The van der Waals surface area contributed by atoms with Gasteiger partial charge in [-0.05, 0) is 49.9 Å². The Labute approximate surface area is 196 Å². The molecule has 2 fully saturated rings. The van der Waals surface area contributed by atoms with E-state index in [1.165, 1.54) is 27.8 Å². The zero-order valence-electron chi connectivity index (χ0n) is 18.2. The molecule has 33 heavy (non-hydrogen) atoms. The maximum atomic E-state index is 13.0. The Balaban J connectivity index is 1.24. The standard InChI is InChI=1S/C22H26N4O5S2/c27-20(18-4-3-13-31-18)24-22-23-17-9-12-25(14-19(17)32-22)21(28)15-5-7-16(8-6-15)33(29,30)26-10-1-2-11-26/h5-8,18H,1-4,9-14H2,(H,23,24,27). The molecule has 1 atom stereocenters. The van der Waals surface area contributed by atoms with E-state index in [1.54, 1.807) is 17.0 Å². The quantitative estimate of drug-likeness (QED) is 0.689. The topological polar surface area (TPSA) is 109 Å². The van der Waals surface area contributed by atoms with E-state index < -0.39 is 16.1 Å². The van der Waals surface area contributed by atoms with Crippen molar-refractivity contribution < 1.29 is 22.7 Å². The summed E-state index contributed by atoms with van der Waals surface area (Å²) in [6.07, 6.45) is 3.55. The van der Waals surface area contributed by atoms with Gasteiger partial charge in [0, 0.05) is 43.1 Å². The summed E-state index contributed by atoms with van der Waals surface area (Å²) in [6, 6.07) is 6.20. The molecule has 1 aromatic carbocycles. The molecule has 0 bridgehead atoms. The summed E-state index contributed by atoms with van der Waals surface area (Å²) in [7, 11) is -3.50. The van der Waals surface area contributed by atoms with Crippen LogP contribution < -0.4 is 5.32 Å². The zero-order chi connectivity index (χ0) is 23.0. The fraction of sp³-hybridized carbons (Fsp3) is 0.500. The van der Waals surface area contributed by atoms with Gasteiger partial charge in [0.1, 0.15) is 6.10 Å². The van der Waals surface area contributed by atoms with Gasteiger partial charge < -0.3 is 9.64 Å². The number of rotatable bonds is 5. The fourth-order valence-electron chi connectivity index (χ4n) is 4.42. The van der Waals surface area contributed by atoms with Crippen molar-refractivity contribution in [3.63, 3.8) is 0 Å². The highest BCUT2D eigenvalue weighted by Gasteiger charge is 2.29. The lowest BCUT2D eigenvalue weighted by Gasteiger charge is -2.26. The third-order valence-electron chi connectivity index (χ3n) is 6.27. The van der Waals surface area contributed by atoms with Gasteiger partial charge in [-0.25, -0.2) is 13.4 Å². The average molecular weight is 491 g/mol. The second kappa shape index (κ2) is 9.13. The first-order valence-electron chi connectivity index (χ1n) is 11.2. The van der Waals surface area contributed by atoms with Crippen molar-refractivity contribution in [2.24, 2.45) is 0 Å². The lowest BCUT2D eigenvalue weighted by atomic mass is 10.1. The van der Waals surface area contributed by atoms with Crippen molar-refractivity contribution in [2.75, 3.05) is 31.6 Å². The van der Waals surface area contributed by atoms with Crippen LogP contribution in [0.5, 0.6) is 0 Å². The normalized spacial score (nSPS) is 21.2. The van der Waals surface area contributed by atoms with Crippen molar-refractivity contribution in [3.8, 4) is 0 Å². The first kappa shape index (κ1) is 22.5. The van der Waals surface area contributed by atoms with Gasteiger partial charge in [0.05, 0.1) is 17.1 Å². The van der Waals surface area contributed by atoms with Crippen molar-refractivity contribution in [1.82, 2.24) is 14.2 Å². The van der Waals surface area contributed by atoms with E-state index in [2.05, 4.69) is 10.3 Å². The molecule has 4 heterocycles. The van der Waals surface area contributed by atoms with Crippen LogP contribution in [0.1, 0.15) is 46.6 Å². The van der Waals surface area contributed by atoms with Crippen LogP contribution in [0.2, 0.25) is 0 Å². The number of ether oxygens (including phenoxy) is 1. The monoisotopic (exact) mass is 490 g/mol. The molecule has 3 aliphatic rings. The summed E-state index contributed by atoms with van der Waals surface area (Å²) in [6.45, 7) is 2.63. The third-order valence-corrected chi connectivity index (χ3v) is 9.19. The van der Waals surface area contributed by atoms with E-state index >= 15 is 0 Å². The molecule has 2 amide bonds. The Hall–Kier alpha value is -2.34. The summed E-state index contributed by atoms with van der Waals surface area (Å²) >= 11 is 1.38. The largest absolute Gasteiger partial charge is 0.368 e. The van der Waals surface area contributed by atoms with Gasteiger partial charge in [0.2, 0.25) is 10.0 Å². The predicted molar refractivity (Wildman–Crippen MR) is 123 cm³/mol. The van der Waals surface area contributed by atoms with E-state index in [-0.39, 0.29) is 16.7 Å². The number of hydrogen-bond acceptors (Lipinski definition) is 7. The average Bonchev–Trinajstić information content (AvgIpc) is 3.59. The number of aromatic nitrogens is 1. The highest BCUT2D eigenvalue weighted by Crippen LogP contribution is 2.30. The van der Waals surface area contributed by atoms with Gasteiger partial charge in [0.15, 0.2) is 5.13 Å². The number of anilines is 1. The summed E-state index contributed by atoms with van der Waals surface area (Å²) in [5, 5.41) is 3.37. The Morgan fingerprint density at radius 1 is 1.09 bits per heavy atom. The molecule has 0 spiro atoms. The number of carbonyl (C=O) groups is 2. The minimum Gasteiger partial charge on any atom is -0.368 e. The van der Waals surface area contributed by atoms with Crippen molar-refractivity contribution in [1.29, 1.82) is 0 Å². The molecule has 0 aliphatic carbocycles. The number of hydrogen-bond donors (Lipinski definition) is 1. The lowest BCUT2D eigenvalue weighted by Crippen LogP contribution is -2.35. The molecule has 2 saturated heterocycles. The lowest BCUT2D eigenvalue weighted by molar-refractivity contribution is -0.124. The second-order valence-corrected chi connectivity index (χ2v) is 11.5. The van der Waals surface area contributed by atoms with E-state index in [0.29, 0.717) is 49.9 Å². The Morgan fingerprint density at radius 2 is 1.85 bits per heavy atom. The SMILES string of the molecule is O=C(Nc1nc2c(s1)CN(C(=O)c1ccc(S(=O)(=O)N3CCCC3)cc1)CC2)C1CCCO1. The minimum atomic E-state index is -3.50. The summed E-state index contributed by atoms with van der Waals surface area (Å²) < 4.78 is 32.3. The van der Waals surface area contributed by atoms with Crippen LogP contribution in [0.15, 0.2) is 29.2 Å². The second-order valence-electron chi connectivity index (χ2n) is 8.49. The summed E-state index contributed by atoms with van der Waals surface area (Å²) in [4.78, 5) is 32.8. The highest BCUT2D eigenvalue weighted by atomic mass is 32.2. The van der Waals surface area contributed by atoms with Crippen LogP contribution in [-0.2, 0) is 32.5 Å². The molecule has 176 valence electrons. The molecule has 0 radical (unpaired) electrons. The molecule has 1 unspecified atom stereocenters. The Morgan fingerprint density at radius 3 is 2.55 bits per heavy atom. The summed E-state index contributed by atoms with van der Waals surface area (Å²) in [5.41, 5.74) is 1.36. The predicted octanol–water partition coefficient (Wildman–Crippen LogP) is 2.24. The Bertz CT molecular complexity index is 1150. The van der Waals surface area contributed by atoms with E-state index in [9.17, 15) is 18.0 Å². The van der Waals surface area contributed by atoms with Crippen molar-refractivity contribution >= 4 is 38.3 Å². The van der Waals surface area contributed by atoms with Crippen molar-refractivity contribution in [3.05, 3.63) is 40.4 Å². The van der Waals surface area contributed by atoms with Gasteiger partial charge in [-0.3, -0.25) is 14.9 Å². The smallest absolute Gasteiger partial charge is 0.255 e. The number of nitrogens with zero attached hydrogens (tertiary/aromatic N) is 3. The zero-order valence-corrected chi connectivity index (χ0v) is 19.8. The first-order valence-corrected chi connectivity index (χ1v) is 13.5. The number of sulfonamides is 1. The van der Waals surface area contributed by atoms with Gasteiger partial charge in [-0.2, -0.15) is 4.31 Å². The van der Waals surface area contributed by atoms with E-state index in [1.807, 2.05) is 0 Å². The maximum Gasteiger partial charge on any atom is 0.255 e. The third kappa shape index (κ3) is 4.54. The van der Waals surface area contributed by atoms with Gasteiger partial charge in [-0.1, -0.05) is 11.3 Å². The molecule has 11 heteroatoms. The van der Waals surface area contributed by atoms with Crippen LogP contribution in [0.3, 0.4) is 0 Å². The number of amides is 2. The summed E-state index contributed by atoms with van der Waals surface area (Å²) in [5.74, 6) is -0.320. The number of carbonyl (C=O) groups excluding carboxylic acids is 2. The van der Waals surface area contributed by atoms with Gasteiger partial charge >= 0.3 is 0 Å². The molecule has 2 aromatic rings. The van der Waals surface area contributed by atoms with Gasteiger partial charge in [-0.15, -0.1) is 0 Å². The van der Waals surface area contributed by atoms with E-state index in [0.717, 1.165) is 36.3 Å². The fourth-order valence-corrected chi connectivity index (χ4v) is 6.97. The number of fused-ring (bicyclic) bond motifs is 1. The van der Waals surface area contributed by atoms with Crippen LogP contribution in [-0.4, -0.2) is 66.8 Å². The number of thiazole rings is 1. The maximum absolute atomic E-state index is 13.0. The van der Waals surface area contributed by atoms with Crippen LogP contribution in [0, 0.1) is 0 Å². The molecule has 9 nitrogen and oxygen atoms in total. The minimum absolute atomic E-state index is 0.149. The molecule has 3 aliphatic heterocycles. The van der Waals surface area contributed by atoms with Crippen LogP contribution >= 0.6 is 11.3 Å². The van der Waals surface area contributed by atoms with Crippen LogP contribution in [0.25, 0.3) is 0 Å². The highest BCUT2D eigenvalue weighted by molar-refractivity contribution is 7.89. The molecular weight excluding hydrogens is 464 g/mol. The van der Waals surface area contributed by atoms with E-state index in [4.69, 9.17) is 4.74 Å². The molecule has 5 rings (SSSR count). The molecular formula is C22H26N4O5S2. The molecule has 0 saturated carbocycles. The number of nitrogens with one attached hydrogen (secondary N) is 1. The molecule has 1 N–H and O–H groups in total. The first-order chi connectivity index (χ1) is 15.9. The van der Waals surface area contributed by atoms with Crippen molar-refractivity contribution in [2.45, 2.75) is 49.6 Å². The number of benzene rings is 1.